The number of nitrogens with one attached hydrogen (secondary N) is 2. The van der Waals surface area contributed by atoms with Crippen LogP contribution in [0.25, 0.3) is 0 Å². The summed E-state index contributed by atoms with van der Waals surface area (Å²) in [6.07, 6.45) is 7.11. The van der Waals surface area contributed by atoms with Crippen molar-refractivity contribution in [3.8, 4) is 0 Å². The SMILES string of the molecule is C[C@@H](Sc1ccc(F)cc1)C(=O)NC(=O)NC12CC3CC(CC(C3)C1)C2. The number of imide groups is 1. The number of amides is 3. The molecule has 0 radical (unpaired) electrons. The lowest BCUT2D eigenvalue weighted by atomic mass is 9.53. The third-order valence-electron chi connectivity index (χ3n) is 6.15. The molecule has 4 aliphatic rings. The second kappa shape index (κ2) is 6.87. The number of carbonyl (C=O) groups is 2. The molecule has 0 heterocycles. The minimum Gasteiger partial charge on any atom is -0.332 e. The van der Waals surface area contributed by atoms with Crippen LogP contribution in [0.3, 0.4) is 0 Å². The van der Waals surface area contributed by atoms with E-state index in [1.54, 1.807) is 19.1 Å². The molecule has 0 aromatic heterocycles. The number of hydrogen-bond donors (Lipinski definition) is 2. The average Bonchev–Trinajstić information content (AvgIpc) is 2.55. The van der Waals surface area contributed by atoms with Gasteiger partial charge in [0.15, 0.2) is 0 Å². The minimum absolute atomic E-state index is 0.105. The Morgan fingerprint density at radius 3 is 2.15 bits per heavy atom. The fourth-order valence-corrected chi connectivity index (χ4v) is 6.39. The summed E-state index contributed by atoms with van der Waals surface area (Å²) >= 11 is 1.31. The first-order valence-electron chi connectivity index (χ1n) is 9.46. The smallest absolute Gasteiger partial charge is 0.321 e. The van der Waals surface area contributed by atoms with Crippen LogP contribution in [0, 0.1) is 23.6 Å². The molecule has 2 N–H and O–H groups in total. The van der Waals surface area contributed by atoms with Crippen LogP contribution < -0.4 is 10.6 Å². The molecule has 1 atom stereocenters. The Morgan fingerprint density at radius 1 is 1.08 bits per heavy atom. The van der Waals surface area contributed by atoms with Crippen LogP contribution in [0.2, 0.25) is 0 Å². The first-order chi connectivity index (χ1) is 12.4. The summed E-state index contributed by atoms with van der Waals surface area (Å²) in [5.41, 5.74) is -0.105. The first-order valence-corrected chi connectivity index (χ1v) is 10.3. The Hall–Kier alpha value is -1.56. The molecule has 5 rings (SSSR count). The highest BCUT2D eigenvalue weighted by atomic mass is 32.2. The highest BCUT2D eigenvalue weighted by Gasteiger charge is 2.51. The van der Waals surface area contributed by atoms with Crippen molar-refractivity contribution >= 4 is 23.7 Å². The Kier molecular flexibility index (Phi) is 4.71. The van der Waals surface area contributed by atoms with Gasteiger partial charge in [-0.2, -0.15) is 0 Å². The maximum atomic E-state index is 13.0. The van der Waals surface area contributed by atoms with E-state index in [9.17, 15) is 14.0 Å². The third-order valence-corrected chi connectivity index (χ3v) is 7.26. The van der Waals surface area contributed by atoms with Crippen molar-refractivity contribution in [1.82, 2.24) is 10.6 Å². The zero-order valence-electron chi connectivity index (χ0n) is 15.0. The molecule has 0 unspecified atom stereocenters. The Balaban J connectivity index is 1.31. The summed E-state index contributed by atoms with van der Waals surface area (Å²) in [5.74, 6) is 1.60. The van der Waals surface area contributed by atoms with Crippen LogP contribution in [0.1, 0.15) is 45.4 Å². The molecule has 1 aromatic carbocycles. The molecule has 6 heteroatoms. The molecule has 4 saturated carbocycles. The summed E-state index contributed by atoms with van der Waals surface area (Å²) in [7, 11) is 0. The van der Waals surface area contributed by atoms with Gasteiger partial charge >= 0.3 is 6.03 Å². The average molecular weight is 376 g/mol. The van der Waals surface area contributed by atoms with Gasteiger partial charge in [0.25, 0.3) is 0 Å². The number of rotatable bonds is 4. The van der Waals surface area contributed by atoms with Gasteiger partial charge in [-0.05, 0) is 87.5 Å². The van der Waals surface area contributed by atoms with Crippen molar-refractivity contribution < 1.29 is 14.0 Å². The number of hydrogen-bond acceptors (Lipinski definition) is 3. The van der Waals surface area contributed by atoms with Crippen molar-refractivity contribution in [2.45, 2.75) is 61.1 Å². The monoisotopic (exact) mass is 376 g/mol. The van der Waals surface area contributed by atoms with Gasteiger partial charge in [-0.15, -0.1) is 11.8 Å². The molecule has 1 aromatic rings. The molecular weight excluding hydrogens is 351 g/mol. The Labute approximate surface area is 157 Å². The predicted molar refractivity (Wildman–Crippen MR) is 99.3 cm³/mol. The van der Waals surface area contributed by atoms with Gasteiger partial charge in [0.05, 0.1) is 5.25 Å². The number of thioether (sulfide) groups is 1. The second-order valence-corrected chi connectivity index (χ2v) is 9.77. The Bertz CT molecular complexity index is 671. The van der Waals surface area contributed by atoms with Crippen molar-refractivity contribution in [2.24, 2.45) is 17.8 Å². The van der Waals surface area contributed by atoms with Crippen LogP contribution in [-0.2, 0) is 4.79 Å². The summed E-state index contributed by atoms with van der Waals surface area (Å²) in [5, 5.41) is 5.23. The van der Waals surface area contributed by atoms with Crippen molar-refractivity contribution in [2.75, 3.05) is 0 Å². The van der Waals surface area contributed by atoms with E-state index in [1.165, 1.54) is 43.2 Å². The van der Waals surface area contributed by atoms with E-state index in [0.29, 0.717) is 0 Å². The van der Waals surface area contributed by atoms with Gasteiger partial charge in [-0.3, -0.25) is 10.1 Å². The largest absolute Gasteiger partial charge is 0.332 e. The molecule has 26 heavy (non-hydrogen) atoms. The van der Waals surface area contributed by atoms with Crippen LogP contribution in [0.5, 0.6) is 0 Å². The van der Waals surface area contributed by atoms with Crippen LogP contribution in [0.4, 0.5) is 9.18 Å². The zero-order valence-corrected chi connectivity index (χ0v) is 15.8. The lowest BCUT2D eigenvalue weighted by Crippen LogP contribution is -2.62. The summed E-state index contributed by atoms with van der Waals surface area (Å²) in [6.45, 7) is 1.75. The second-order valence-electron chi connectivity index (χ2n) is 8.36. The quantitative estimate of drug-likeness (QED) is 0.778. The van der Waals surface area contributed by atoms with Gasteiger partial charge in [-0.1, -0.05) is 0 Å². The number of benzene rings is 1. The van der Waals surface area contributed by atoms with Crippen LogP contribution in [0.15, 0.2) is 29.2 Å². The molecule has 4 fully saturated rings. The summed E-state index contributed by atoms with van der Waals surface area (Å²) < 4.78 is 13.0. The lowest BCUT2D eigenvalue weighted by Gasteiger charge is -2.56. The van der Waals surface area contributed by atoms with Gasteiger partial charge in [0.2, 0.25) is 5.91 Å². The van der Waals surface area contributed by atoms with E-state index in [4.69, 9.17) is 0 Å². The predicted octanol–water partition coefficient (Wildman–Crippen LogP) is 4.10. The molecule has 4 aliphatic carbocycles. The van der Waals surface area contributed by atoms with E-state index in [-0.39, 0.29) is 23.3 Å². The molecule has 4 nitrogen and oxygen atoms in total. The van der Waals surface area contributed by atoms with E-state index >= 15 is 0 Å². The fourth-order valence-electron chi connectivity index (χ4n) is 5.52. The number of carbonyl (C=O) groups excluding carboxylic acids is 2. The van der Waals surface area contributed by atoms with Crippen LogP contribution >= 0.6 is 11.8 Å². The number of urea groups is 1. The maximum absolute atomic E-state index is 13.0. The Morgan fingerprint density at radius 2 is 1.62 bits per heavy atom. The molecule has 4 bridgehead atoms. The zero-order chi connectivity index (χ0) is 18.3. The molecular formula is C20H25FN2O2S. The highest BCUT2D eigenvalue weighted by molar-refractivity contribution is 8.00. The van der Waals surface area contributed by atoms with Gasteiger partial charge < -0.3 is 5.32 Å². The standard InChI is InChI=1S/C20H25FN2O2S/c1-12(26-17-4-2-16(21)3-5-17)18(24)22-19(25)23-20-9-13-6-14(10-20)8-15(7-13)11-20/h2-5,12-15H,6-11H2,1H3,(H2,22,23,24,25)/t12-,13?,14?,15?,20?/m1/s1. The highest BCUT2D eigenvalue weighted by Crippen LogP contribution is 2.55. The van der Waals surface area contributed by atoms with E-state index in [2.05, 4.69) is 10.6 Å². The van der Waals surface area contributed by atoms with Gasteiger partial charge in [0.1, 0.15) is 5.82 Å². The molecule has 0 saturated heterocycles. The molecule has 0 spiro atoms. The summed E-state index contributed by atoms with van der Waals surface area (Å²) in [6, 6.07) is 5.64. The third kappa shape index (κ3) is 3.75. The minimum atomic E-state index is -0.428. The molecule has 140 valence electrons. The van der Waals surface area contributed by atoms with E-state index in [0.717, 1.165) is 41.9 Å². The van der Waals surface area contributed by atoms with E-state index < -0.39 is 5.25 Å². The summed E-state index contributed by atoms with van der Waals surface area (Å²) in [4.78, 5) is 25.6. The molecule has 0 aliphatic heterocycles. The number of halogens is 1. The van der Waals surface area contributed by atoms with Crippen LogP contribution in [-0.4, -0.2) is 22.7 Å². The van der Waals surface area contributed by atoms with Gasteiger partial charge in [-0.25, -0.2) is 9.18 Å². The lowest BCUT2D eigenvalue weighted by molar-refractivity contribution is -0.119. The maximum Gasteiger partial charge on any atom is 0.321 e. The fraction of sp³-hybridized carbons (Fsp3) is 0.600. The van der Waals surface area contributed by atoms with E-state index in [1.807, 2.05) is 0 Å². The normalized spacial score (nSPS) is 32.9. The first kappa shape index (κ1) is 17.8. The van der Waals surface area contributed by atoms with Crippen molar-refractivity contribution in [3.05, 3.63) is 30.1 Å². The molecule has 3 amide bonds. The topological polar surface area (TPSA) is 58.2 Å². The van der Waals surface area contributed by atoms with Gasteiger partial charge in [0, 0.05) is 10.4 Å². The van der Waals surface area contributed by atoms with Crippen molar-refractivity contribution in [1.29, 1.82) is 0 Å². The van der Waals surface area contributed by atoms with Crippen molar-refractivity contribution in [3.63, 3.8) is 0 Å².